The smallest absolute Gasteiger partial charge is 0.351 e. The maximum atomic E-state index is 10.3. The van der Waals surface area contributed by atoms with Crippen LogP contribution in [0.4, 0.5) is 0 Å². The van der Waals surface area contributed by atoms with Crippen molar-refractivity contribution in [2.45, 2.75) is 25.5 Å². The molecule has 0 radical (unpaired) electrons. The van der Waals surface area contributed by atoms with E-state index in [0.717, 1.165) is 0 Å². The Balaban J connectivity index is 3.51. The van der Waals surface area contributed by atoms with Gasteiger partial charge in [-0.1, -0.05) is 11.6 Å². The van der Waals surface area contributed by atoms with Gasteiger partial charge < -0.3 is 9.84 Å². The number of aliphatic hydroxyl groups excluding tert-OH is 1. The van der Waals surface area contributed by atoms with Crippen molar-refractivity contribution in [3.63, 3.8) is 0 Å². The van der Waals surface area contributed by atoms with E-state index < -0.39 is 11.5 Å². The Hall–Kier alpha value is -0.280. The fourth-order valence-electron chi connectivity index (χ4n) is 0.288. The molecule has 0 aliphatic heterocycles. The second-order valence-corrected chi connectivity index (χ2v) is 2.23. The van der Waals surface area contributed by atoms with Gasteiger partial charge in [-0.25, -0.2) is 4.79 Å². The minimum absolute atomic E-state index is 0.231. The Labute approximate surface area is 58.6 Å². The zero-order valence-corrected chi connectivity index (χ0v) is 6.05. The first kappa shape index (κ1) is 8.72. The molecule has 0 heterocycles. The number of aliphatic hydroxyl groups is 1. The van der Waals surface area contributed by atoms with Gasteiger partial charge in [0.15, 0.2) is 0 Å². The minimum atomic E-state index is -1.53. The summed E-state index contributed by atoms with van der Waals surface area (Å²) in [6, 6.07) is 0. The highest BCUT2D eigenvalue weighted by Crippen LogP contribution is 1.96. The van der Waals surface area contributed by atoms with E-state index in [1.54, 1.807) is 13.8 Å². The van der Waals surface area contributed by atoms with Crippen molar-refractivity contribution in [3.8, 4) is 0 Å². The highest BCUT2D eigenvalue weighted by molar-refractivity contribution is 6.28. The molecule has 0 aromatic carbocycles. The molecule has 0 amide bonds. The second kappa shape index (κ2) is 3.69. The fourth-order valence-corrected chi connectivity index (χ4v) is 0.340. The number of alkyl halides is 1. The molecule has 0 rings (SSSR count). The van der Waals surface area contributed by atoms with Gasteiger partial charge >= 0.3 is 5.97 Å². The monoisotopic (exact) mass is 152 g/mol. The van der Waals surface area contributed by atoms with Crippen LogP contribution in [0.15, 0.2) is 0 Å². The van der Waals surface area contributed by atoms with Crippen molar-refractivity contribution >= 4 is 17.6 Å². The van der Waals surface area contributed by atoms with Gasteiger partial charge in [-0.2, -0.15) is 0 Å². The first-order valence-corrected chi connectivity index (χ1v) is 3.00. The van der Waals surface area contributed by atoms with E-state index >= 15 is 0 Å². The lowest BCUT2D eigenvalue weighted by Crippen LogP contribution is -2.20. The number of hydrogen-bond acceptors (Lipinski definition) is 3. The van der Waals surface area contributed by atoms with Crippen molar-refractivity contribution in [1.29, 1.82) is 0 Å². The summed E-state index contributed by atoms with van der Waals surface area (Å²) in [5.74, 6) is -0.799. The lowest BCUT2D eigenvalue weighted by atomic mass is 10.5. The lowest BCUT2D eigenvalue weighted by Gasteiger charge is -2.07. The normalized spacial score (nSPS) is 13.4. The predicted octanol–water partition coefficient (Wildman–Crippen LogP) is 0.495. The molecule has 0 aromatic rings. The van der Waals surface area contributed by atoms with Gasteiger partial charge in [0.2, 0.25) is 5.56 Å². The van der Waals surface area contributed by atoms with Gasteiger partial charge in [-0.15, -0.1) is 0 Å². The van der Waals surface area contributed by atoms with Crippen molar-refractivity contribution in [2.75, 3.05) is 0 Å². The third kappa shape index (κ3) is 4.24. The predicted molar refractivity (Wildman–Crippen MR) is 33.1 cm³/mol. The van der Waals surface area contributed by atoms with Gasteiger partial charge in [0.1, 0.15) is 0 Å². The molecule has 0 fully saturated rings. The molecule has 4 heteroatoms. The number of carbonyl (C=O) groups excluding carboxylic acids is 1. The van der Waals surface area contributed by atoms with Crippen LogP contribution >= 0.6 is 11.6 Å². The van der Waals surface area contributed by atoms with Crippen LogP contribution in [-0.2, 0) is 9.53 Å². The molecule has 3 nitrogen and oxygen atoms in total. The molecule has 0 aromatic heterocycles. The number of esters is 1. The van der Waals surface area contributed by atoms with Crippen LogP contribution in [0.5, 0.6) is 0 Å². The van der Waals surface area contributed by atoms with E-state index in [-0.39, 0.29) is 6.10 Å². The van der Waals surface area contributed by atoms with Crippen LogP contribution in [0.1, 0.15) is 13.8 Å². The summed E-state index contributed by atoms with van der Waals surface area (Å²) in [5.41, 5.74) is -1.53. The average molecular weight is 153 g/mol. The lowest BCUT2D eigenvalue weighted by molar-refractivity contribution is -0.152. The van der Waals surface area contributed by atoms with Crippen molar-refractivity contribution < 1.29 is 14.6 Å². The standard InChI is InChI=1S/C5H9ClO3/c1-3(2)9-5(8)4(6)7/h3-4,7H,1-2H3. The molecule has 1 unspecified atom stereocenters. The topological polar surface area (TPSA) is 46.5 Å². The summed E-state index contributed by atoms with van der Waals surface area (Å²) in [5, 5.41) is 8.36. The summed E-state index contributed by atoms with van der Waals surface area (Å²) in [4.78, 5) is 10.3. The highest BCUT2D eigenvalue weighted by Gasteiger charge is 2.13. The van der Waals surface area contributed by atoms with Crippen LogP contribution < -0.4 is 0 Å². The number of hydrogen-bond donors (Lipinski definition) is 1. The van der Waals surface area contributed by atoms with E-state index in [0.29, 0.717) is 0 Å². The molecule has 0 saturated heterocycles. The number of carbonyl (C=O) groups is 1. The van der Waals surface area contributed by atoms with E-state index in [1.807, 2.05) is 0 Å². The van der Waals surface area contributed by atoms with Gasteiger partial charge in [0, 0.05) is 0 Å². The van der Waals surface area contributed by atoms with Gasteiger partial charge in [-0.05, 0) is 13.8 Å². The maximum Gasteiger partial charge on any atom is 0.351 e. The molecule has 0 bridgehead atoms. The third-order valence-electron chi connectivity index (χ3n) is 0.546. The fraction of sp³-hybridized carbons (Fsp3) is 0.800. The van der Waals surface area contributed by atoms with E-state index in [4.69, 9.17) is 16.7 Å². The van der Waals surface area contributed by atoms with Crippen molar-refractivity contribution in [2.24, 2.45) is 0 Å². The van der Waals surface area contributed by atoms with Crippen LogP contribution in [0, 0.1) is 0 Å². The van der Waals surface area contributed by atoms with Crippen LogP contribution in [-0.4, -0.2) is 22.7 Å². The molecule has 1 atom stereocenters. The first-order valence-electron chi connectivity index (χ1n) is 2.56. The van der Waals surface area contributed by atoms with Gasteiger partial charge in [-0.3, -0.25) is 0 Å². The minimum Gasteiger partial charge on any atom is -0.460 e. The van der Waals surface area contributed by atoms with Gasteiger partial charge in [0.25, 0.3) is 0 Å². The summed E-state index contributed by atoms with van der Waals surface area (Å²) >= 11 is 4.95. The number of halogens is 1. The number of ether oxygens (including phenoxy) is 1. The molecule has 0 spiro atoms. The Morgan fingerprint density at radius 1 is 1.67 bits per heavy atom. The van der Waals surface area contributed by atoms with Crippen LogP contribution in [0.25, 0.3) is 0 Å². The Morgan fingerprint density at radius 3 is 2.22 bits per heavy atom. The number of rotatable bonds is 2. The largest absolute Gasteiger partial charge is 0.460 e. The third-order valence-corrected chi connectivity index (χ3v) is 0.725. The molecule has 0 aliphatic carbocycles. The molecular formula is C5H9ClO3. The van der Waals surface area contributed by atoms with E-state index in [2.05, 4.69) is 4.74 Å². The molecule has 0 saturated carbocycles. The van der Waals surface area contributed by atoms with Gasteiger partial charge in [0.05, 0.1) is 6.10 Å². The molecule has 0 aliphatic rings. The SMILES string of the molecule is CC(C)OC(=O)C(O)Cl. The molecule has 9 heavy (non-hydrogen) atoms. The van der Waals surface area contributed by atoms with Crippen LogP contribution in [0.2, 0.25) is 0 Å². The summed E-state index contributed by atoms with van der Waals surface area (Å²) in [7, 11) is 0. The second-order valence-electron chi connectivity index (χ2n) is 1.82. The zero-order chi connectivity index (χ0) is 7.44. The summed E-state index contributed by atoms with van der Waals surface area (Å²) < 4.78 is 4.49. The molecular weight excluding hydrogens is 144 g/mol. The molecule has 54 valence electrons. The molecule has 1 N–H and O–H groups in total. The van der Waals surface area contributed by atoms with Crippen molar-refractivity contribution in [1.82, 2.24) is 0 Å². The summed E-state index contributed by atoms with van der Waals surface area (Å²) in [6.07, 6.45) is -0.231. The Morgan fingerprint density at radius 2 is 2.11 bits per heavy atom. The Bertz CT molecular complexity index is 100. The average Bonchev–Trinajstić information content (AvgIpc) is 1.63. The van der Waals surface area contributed by atoms with E-state index in [9.17, 15) is 4.79 Å². The zero-order valence-electron chi connectivity index (χ0n) is 5.30. The first-order chi connectivity index (χ1) is 4.04. The highest BCUT2D eigenvalue weighted by atomic mass is 35.5. The maximum absolute atomic E-state index is 10.3. The summed E-state index contributed by atoms with van der Waals surface area (Å²) in [6.45, 7) is 3.36. The van der Waals surface area contributed by atoms with Crippen LogP contribution in [0.3, 0.4) is 0 Å². The van der Waals surface area contributed by atoms with E-state index in [1.165, 1.54) is 0 Å². The Kier molecular flexibility index (Phi) is 3.58. The van der Waals surface area contributed by atoms with Crippen molar-refractivity contribution in [3.05, 3.63) is 0 Å². The quantitative estimate of drug-likeness (QED) is 0.463.